The van der Waals surface area contributed by atoms with E-state index in [1.165, 1.54) is 30.4 Å². The fourth-order valence-electron chi connectivity index (χ4n) is 1.83. The lowest BCUT2D eigenvalue weighted by atomic mass is 10.0. The first-order chi connectivity index (χ1) is 7.20. The van der Waals surface area contributed by atoms with E-state index in [4.69, 9.17) is 4.74 Å². The van der Waals surface area contributed by atoms with Crippen molar-refractivity contribution in [3.8, 4) is 0 Å². The molecule has 0 aromatic carbocycles. The molecule has 0 saturated carbocycles. The first-order valence-electron chi connectivity index (χ1n) is 6.01. The zero-order valence-electron chi connectivity index (χ0n) is 9.97. The molecule has 0 aromatic heterocycles. The van der Waals surface area contributed by atoms with E-state index in [2.05, 4.69) is 13.8 Å². The van der Waals surface area contributed by atoms with Crippen LogP contribution >= 0.6 is 0 Å². The van der Waals surface area contributed by atoms with Gasteiger partial charge in [-0.15, -0.1) is 0 Å². The molecule has 1 aliphatic rings. The van der Waals surface area contributed by atoms with Gasteiger partial charge in [0.2, 0.25) is 0 Å². The van der Waals surface area contributed by atoms with E-state index in [-0.39, 0.29) is 5.97 Å². The van der Waals surface area contributed by atoms with Crippen LogP contribution in [0.1, 0.15) is 58.8 Å². The van der Waals surface area contributed by atoms with Crippen LogP contribution in [0.3, 0.4) is 0 Å². The van der Waals surface area contributed by atoms with Crippen molar-refractivity contribution in [3.05, 3.63) is 11.1 Å². The summed E-state index contributed by atoms with van der Waals surface area (Å²) in [5.41, 5.74) is 2.87. The molecule has 0 aromatic rings. The van der Waals surface area contributed by atoms with E-state index >= 15 is 0 Å². The van der Waals surface area contributed by atoms with Crippen LogP contribution in [0.2, 0.25) is 0 Å². The van der Waals surface area contributed by atoms with Crippen molar-refractivity contribution < 1.29 is 9.53 Å². The van der Waals surface area contributed by atoms with Gasteiger partial charge >= 0.3 is 5.97 Å². The van der Waals surface area contributed by atoms with Crippen LogP contribution < -0.4 is 0 Å². The molecule has 86 valence electrons. The molecule has 0 fully saturated rings. The number of hydrogen-bond acceptors (Lipinski definition) is 2. The molecule has 2 heteroatoms. The second-order valence-corrected chi connectivity index (χ2v) is 4.45. The van der Waals surface area contributed by atoms with Gasteiger partial charge in [-0.05, 0) is 33.1 Å². The van der Waals surface area contributed by atoms with Gasteiger partial charge in [0.1, 0.15) is 0 Å². The van der Waals surface area contributed by atoms with Crippen molar-refractivity contribution in [2.75, 3.05) is 6.61 Å². The fraction of sp³-hybridized carbons (Fsp3) is 0.769. The summed E-state index contributed by atoms with van der Waals surface area (Å²) in [6, 6.07) is 0. The number of esters is 1. The number of ether oxygens (including phenoxy) is 1. The van der Waals surface area contributed by atoms with E-state index in [0.717, 1.165) is 19.3 Å². The number of carbonyl (C=O) groups excluding carboxylic acids is 1. The Morgan fingerprint density at radius 1 is 0.867 bits per heavy atom. The van der Waals surface area contributed by atoms with E-state index in [0.29, 0.717) is 13.0 Å². The minimum atomic E-state index is -0.0268. The molecular weight excluding hydrogens is 188 g/mol. The number of allylic oxidation sites excluding steroid dienone is 1. The summed E-state index contributed by atoms with van der Waals surface area (Å²) in [6.45, 7) is 4.90. The van der Waals surface area contributed by atoms with Gasteiger partial charge in [0.15, 0.2) is 0 Å². The highest BCUT2D eigenvalue weighted by atomic mass is 16.5. The summed E-state index contributed by atoms with van der Waals surface area (Å²) in [6.07, 6.45) is 7.34. The average Bonchev–Trinajstić information content (AvgIpc) is 2.21. The lowest BCUT2D eigenvalue weighted by molar-refractivity contribution is -0.143. The molecular formula is C13H22O2. The second kappa shape index (κ2) is 6.65. The average molecular weight is 210 g/mol. The van der Waals surface area contributed by atoms with Gasteiger partial charge in [-0.25, -0.2) is 0 Å². The van der Waals surface area contributed by atoms with Gasteiger partial charge < -0.3 is 4.74 Å². The lowest BCUT2D eigenvalue weighted by Gasteiger charge is -2.11. The Kier molecular flexibility index (Phi) is 5.44. The third kappa shape index (κ3) is 5.01. The summed E-state index contributed by atoms with van der Waals surface area (Å²) in [5, 5.41) is 0. The highest BCUT2D eigenvalue weighted by Crippen LogP contribution is 2.17. The van der Waals surface area contributed by atoms with Crippen LogP contribution in [0.4, 0.5) is 0 Å². The van der Waals surface area contributed by atoms with E-state index in [1.807, 2.05) is 0 Å². The maximum atomic E-state index is 11.2. The zero-order valence-corrected chi connectivity index (χ0v) is 9.97. The van der Waals surface area contributed by atoms with Gasteiger partial charge in [-0.1, -0.05) is 24.0 Å². The van der Waals surface area contributed by atoms with Gasteiger partial charge in [-0.2, -0.15) is 0 Å². The molecule has 0 radical (unpaired) electrons. The number of rotatable bonds is 0. The highest BCUT2D eigenvalue weighted by Gasteiger charge is 2.05. The molecule has 0 atom stereocenters. The van der Waals surface area contributed by atoms with Crippen LogP contribution in [0.5, 0.6) is 0 Å². The summed E-state index contributed by atoms with van der Waals surface area (Å²) < 4.78 is 5.16. The largest absolute Gasteiger partial charge is 0.465 e. The summed E-state index contributed by atoms with van der Waals surface area (Å²) in [4.78, 5) is 11.2. The lowest BCUT2D eigenvalue weighted by Crippen LogP contribution is -2.06. The highest BCUT2D eigenvalue weighted by molar-refractivity contribution is 5.69. The Balaban J connectivity index is 2.48. The van der Waals surface area contributed by atoms with Crippen molar-refractivity contribution >= 4 is 5.97 Å². The molecule has 15 heavy (non-hydrogen) atoms. The Morgan fingerprint density at radius 3 is 2.20 bits per heavy atom. The summed E-state index contributed by atoms with van der Waals surface area (Å²) in [5.74, 6) is -0.0268. The van der Waals surface area contributed by atoms with Crippen LogP contribution in [0.25, 0.3) is 0 Å². The van der Waals surface area contributed by atoms with Crippen LogP contribution in [-0.2, 0) is 9.53 Å². The van der Waals surface area contributed by atoms with E-state index < -0.39 is 0 Å². The SMILES string of the molecule is C/C1=C(\C)CCOC(=O)CCCCCC1. The number of hydrogen-bond donors (Lipinski definition) is 0. The monoisotopic (exact) mass is 210 g/mol. The molecule has 0 unspecified atom stereocenters. The summed E-state index contributed by atoms with van der Waals surface area (Å²) >= 11 is 0. The third-order valence-electron chi connectivity index (χ3n) is 3.15. The van der Waals surface area contributed by atoms with E-state index in [9.17, 15) is 4.79 Å². The molecule has 2 nitrogen and oxygen atoms in total. The van der Waals surface area contributed by atoms with Gasteiger partial charge in [0, 0.05) is 12.8 Å². The maximum absolute atomic E-state index is 11.2. The number of carbonyl (C=O) groups is 1. The molecule has 0 N–H and O–H groups in total. The Morgan fingerprint density at radius 2 is 1.47 bits per heavy atom. The van der Waals surface area contributed by atoms with Crippen LogP contribution in [0.15, 0.2) is 11.1 Å². The van der Waals surface area contributed by atoms with E-state index in [1.54, 1.807) is 0 Å². The topological polar surface area (TPSA) is 26.3 Å². The van der Waals surface area contributed by atoms with Crippen molar-refractivity contribution in [1.29, 1.82) is 0 Å². The predicted octanol–water partition coefficient (Wildman–Crippen LogP) is 3.61. The third-order valence-corrected chi connectivity index (χ3v) is 3.15. The van der Waals surface area contributed by atoms with Gasteiger partial charge in [0.25, 0.3) is 0 Å². The van der Waals surface area contributed by atoms with Crippen LogP contribution in [-0.4, -0.2) is 12.6 Å². The van der Waals surface area contributed by atoms with Crippen LogP contribution in [0, 0.1) is 0 Å². The predicted molar refractivity (Wildman–Crippen MR) is 61.7 cm³/mol. The minimum Gasteiger partial charge on any atom is -0.465 e. The zero-order chi connectivity index (χ0) is 11.1. The van der Waals surface area contributed by atoms with Gasteiger partial charge in [-0.3, -0.25) is 4.79 Å². The first kappa shape index (κ1) is 12.3. The number of cyclic esters (lactones) is 1. The Hall–Kier alpha value is -0.790. The maximum Gasteiger partial charge on any atom is 0.305 e. The van der Waals surface area contributed by atoms with Crippen molar-refractivity contribution in [3.63, 3.8) is 0 Å². The first-order valence-corrected chi connectivity index (χ1v) is 6.01. The van der Waals surface area contributed by atoms with Crippen molar-refractivity contribution in [2.24, 2.45) is 0 Å². The summed E-state index contributed by atoms with van der Waals surface area (Å²) in [7, 11) is 0. The van der Waals surface area contributed by atoms with Crippen molar-refractivity contribution in [2.45, 2.75) is 58.8 Å². The molecule has 1 heterocycles. The molecule has 1 aliphatic heterocycles. The van der Waals surface area contributed by atoms with Gasteiger partial charge in [0.05, 0.1) is 6.61 Å². The van der Waals surface area contributed by atoms with Crippen molar-refractivity contribution in [1.82, 2.24) is 0 Å². The Labute approximate surface area is 92.7 Å². The molecule has 0 bridgehead atoms. The minimum absolute atomic E-state index is 0.0268. The molecule has 0 spiro atoms. The molecule has 0 saturated heterocycles. The molecule has 0 amide bonds. The Bertz CT molecular complexity index is 241. The fourth-order valence-corrected chi connectivity index (χ4v) is 1.83. The molecule has 0 aliphatic carbocycles. The normalized spacial score (nSPS) is 26.4. The molecule has 1 rings (SSSR count). The quantitative estimate of drug-likeness (QED) is 0.451. The second-order valence-electron chi connectivity index (χ2n) is 4.45. The standard InChI is InChI=1S/C13H22O2/c1-11-7-5-3-4-6-8-13(14)15-10-9-12(11)2/h3-10H2,1-2H3/b12-11-. The smallest absolute Gasteiger partial charge is 0.305 e.